The molecule has 0 aliphatic carbocycles. The molecule has 0 unspecified atom stereocenters. The molecule has 94 valence electrons. The van der Waals surface area contributed by atoms with Crippen LogP contribution in [0.2, 0.25) is 0 Å². The molecule has 0 saturated heterocycles. The first-order chi connectivity index (χ1) is 8.77. The summed E-state index contributed by atoms with van der Waals surface area (Å²) in [5.41, 5.74) is 1.53. The van der Waals surface area contributed by atoms with Crippen molar-refractivity contribution in [2.75, 3.05) is 19.0 Å². The van der Waals surface area contributed by atoms with Gasteiger partial charge in [0.15, 0.2) is 0 Å². The van der Waals surface area contributed by atoms with Crippen LogP contribution in [0, 0.1) is 0 Å². The lowest BCUT2D eigenvalue weighted by atomic mass is 10.1. The highest BCUT2D eigenvalue weighted by Crippen LogP contribution is 2.18. The molecule has 0 aliphatic heterocycles. The molecule has 1 aromatic carbocycles. The van der Waals surface area contributed by atoms with Crippen molar-refractivity contribution < 1.29 is 4.79 Å². The molecule has 0 fully saturated rings. The number of hydrogen-bond acceptors (Lipinski definition) is 2. The predicted molar refractivity (Wildman–Crippen MR) is 74.0 cm³/mol. The minimum atomic E-state index is 0.0109. The third-order valence-corrected chi connectivity index (χ3v) is 3.07. The molecule has 0 spiro atoms. The van der Waals surface area contributed by atoms with Gasteiger partial charge in [0.1, 0.15) is 0 Å². The van der Waals surface area contributed by atoms with Gasteiger partial charge in [-0.2, -0.15) is 0 Å². The lowest BCUT2D eigenvalue weighted by Gasteiger charge is -2.20. The highest BCUT2D eigenvalue weighted by molar-refractivity contribution is 6.18. The molecule has 18 heavy (non-hydrogen) atoms. The number of alkyl halides is 1. The van der Waals surface area contributed by atoms with Gasteiger partial charge in [-0.1, -0.05) is 12.1 Å². The van der Waals surface area contributed by atoms with Crippen molar-refractivity contribution in [3.05, 3.63) is 42.1 Å². The van der Waals surface area contributed by atoms with Gasteiger partial charge in [0.05, 0.1) is 5.52 Å². The summed E-state index contributed by atoms with van der Waals surface area (Å²) in [5, 5.41) is 0.887. The summed E-state index contributed by atoms with van der Waals surface area (Å²) < 4.78 is 0. The number of rotatable bonds is 4. The number of halogens is 1. The van der Waals surface area contributed by atoms with E-state index in [2.05, 4.69) is 4.98 Å². The van der Waals surface area contributed by atoms with Crippen LogP contribution >= 0.6 is 11.6 Å². The molecule has 2 aromatic rings. The van der Waals surface area contributed by atoms with Crippen LogP contribution in [0.25, 0.3) is 10.9 Å². The normalized spacial score (nSPS) is 10.6. The summed E-state index contributed by atoms with van der Waals surface area (Å²) >= 11 is 5.72. The second kappa shape index (κ2) is 5.83. The predicted octanol–water partition coefficient (Wildman–Crippen LogP) is 2.94. The molecular weight excluding hydrogens is 248 g/mol. The molecule has 0 saturated carbocycles. The molecule has 4 heteroatoms. The fraction of sp³-hybridized carbons (Fsp3) is 0.286. The van der Waals surface area contributed by atoms with Crippen LogP contribution < -0.4 is 0 Å². The van der Waals surface area contributed by atoms with Crippen molar-refractivity contribution in [3.63, 3.8) is 0 Å². The number of hydrogen-bond donors (Lipinski definition) is 0. The molecule has 0 N–H and O–H groups in total. The molecular formula is C14H15ClN2O. The monoisotopic (exact) mass is 262 g/mol. The Kier molecular flexibility index (Phi) is 4.15. The number of pyridine rings is 1. The molecule has 0 bridgehead atoms. The van der Waals surface area contributed by atoms with E-state index in [1.54, 1.807) is 11.1 Å². The summed E-state index contributed by atoms with van der Waals surface area (Å²) in [7, 11) is 0. The van der Waals surface area contributed by atoms with Crippen LogP contribution in [-0.4, -0.2) is 34.8 Å². The van der Waals surface area contributed by atoms with Gasteiger partial charge in [-0.05, 0) is 25.1 Å². The summed E-state index contributed by atoms with van der Waals surface area (Å²) in [5.74, 6) is 0.458. The lowest BCUT2D eigenvalue weighted by Crippen LogP contribution is -2.32. The average Bonchev–Trinajstić information content (AvgIpc) is 2.43. The number of amides is 1. The van der Waals surface area contributed by atoms with Gasteiger partial charge < -0.3 is 4.90 Å². The van der Waals surface area contributed by atoms with E-state index in [-0.39, 0.29) is 5.91 Å². The van der Waals surface area contributed by atoms with Crippen LogP contribution in [0.15, 0.2) is 36.5 Å². The fourth-order valence-electron chi connectivity index (χ4n) is 1.97. The largest absolute Gasteiger partial charge is 0.338 e. The molecule has 1 heterocycles. The standard InChI is InChI=1S/C14H15ClN2O/c1-2-17(10-8-15)14(18)12-5-3-7-13-11(12)6-4-9-16-13/h3-7,9H,2,8,10H2,1H3. The third kappa shape index (κ3) is 2.46. The Hall–Kier alpha value is -1.61. The van der Waals surface area contributed by atoms with Crippen LogP contribution in [0.5, 0.6) is 0 Å². The summed E-state index contributed by atoms with van der Waals surface area (Å²) in [4.78, 5) is 18.4. The Morgan fingerprint density at radius 2 is 2.17 bits per heavy atom. The number of aromatic nitrogens is 1. The van der Waals surface area contributed by atoms with Crippen LogP contribution in [0.4, 0.5) is 0 Å². The van der Waals surface area contributed by atoms with Crippen LogP contribution in [-0.2, 0) is 0 Å². The van der Waals surface area contributed by atoms with E-state index in [9.17, 15) is 4.79 Å². The quantitative estimate of drug-likeness (QED) is 0.794. The molecule has 1 amide bonds. The van der Waals surface area contributed by atoms with Crippen LogP contribution in [0.1, 0.15) is 17.3 Å². The topological polar surface area (TPSA) is 33.2 Å². The van der Waals surface area contributed by atoms with Gasteiger partial charge in [0, 0.05) is 36.1 Å². The van der Waals surface area contributed by atoms with E-state index in [0.29, 0.717) is 24.5 Å². The maximum Gasteiger partial charge on any atom is 0.254 e. The van der Waals surface area contributed by atoms with Crippen molar-refractivity contribution in [3.8, 4) is 0 Å². The molecule has 0 radical (unpaired) electrons. The number of carbonyl (C=O) groups excluding carboxylic acids is 1. The average molecular weight is 263 g/mol. The summed E-state index contributed by atoms with van der Waals surface area (Å²) in [6.07, 6.45) is 1.73. The zero-order valence-electron chi connectivity index (χ0n) is 10.3. The number of nitrogens with zero attached hydrogens (tertiary/aromatic N) is 2. The van der Waals surface area contributed by atoms with Crippen molar-refractivity contribution in [1.29, 1.82) is 0 Å². The highest BCUT2D eigenvalue weighted by atomic mass is 35.5. The second-order valence-electron chi connectivity index (χ2n) is 3.95. The van der Waals surface area contributed by atoms with Gasteiger partial charge in [-0.15, -0.1) is 11.6 Å². The van der Waals surface area contributed by atoms with Gasteiger partial charge in [0.25, 0.3) is 5.91 Å². The Bertz CT molecular complexity index is 551. The van der Waals surface area contributed by atoms with Gasteiger partial charge in [0.2, 0.25) is 0 Å². The SMILES string of the molecule is CCN(CCCl)C(=O)c1cccc2ncccc12. The van der Waals surface area contributed by atoms with Gasteiger partial charge >= 0.3 is 0 Å². The zero-order chi connectivity index (χ0) is 13.0. The Labute approximate surface area is 111 Å². The van der Waals surface area contributed by atoms with E-state index in [0.717, 1.165) is 10.9 Å². The lowest BCUT2D eigenvalue weighted by molar-refractivity contribution is 0.0776. The fourth-order valence-corrected chi connectivity index (χ4v) is 2.17. The minimum absolute atomic E-state index is 0.0109. The Balaban J connectivity index is 2.44. The second-order valence-corrected chi connectivity index (χ2v) is 4.33. The van der Waals surface area contributed by atoms with E-state index in [1.165, 1.54) is 0 Å². The maximum atomic E-state index is 12.4. The van der Waals surface area contributed by atoms with Gasteiger partial charge in [-0.25, -0.2) is 0 Å². The van der Waals surface area contributed by atoms with Gasteiger partial charge in [-0.3, -0.25) is 9.78 Å². The number of benzene rings is 1. The van der Waals surface area contributed by atoms with Crippen molar-refractivity contribution >= 4 is 28.4 Å². The Morgan fingerprint density at radius 1 is 1.33 bits per heavy atom. The third-order valence-electron chi connectivity index (χ3n) is 2.90. The molecule has 0 aliphatic rings. The maximum absolute atomic E-state index is 12.4. The molecule has 1 aromatic heterocycles. The first-order valence-electron chi connectivity index (χ1n) is 5.97. The van der Waals surface area contributed by atoms with Crippen molar-refractivity contribution in [2.24, 2.45) is 0 Å². The first kappa shape index (κ1) is 12.8. The van der Waals surface area contributed by atoms with Crippen LogP contribution in [0.3, 0.4) is 0 Å². The zero-order valence-corrected chi connectivity index (χ0v) is 11.0. The highest BCUT2D eigenvalue weighted by Gasteiger charge is 2.15. The van der Waals surface area contributed by atoms with Crippen molar-refractivity contribution in [2.45, 2.75) is 6.92 Å². The number of fused-ring (bicyclic) bond motifs is 1. The molecule has 2 rings (SSSR count). The van der Waals surface area contributed by atoms with E-state index in [4.69, 9.17) is 11.6 Å². The minimum Gasteiger partial charge on any atom is -0.338 e. The van der Waals surface area contributed by atoms with E-state index >= 15 is 0 Å². The van der Waals surface area contributed by atoms with Crippen molar-refractivity contribution in [1.82, 2.24) is 9.88 Å². The smallest absolute Gasteiger partial charge is 0.254 e. The summed E-state index contributed by atoms with van der Waals surface area (Å²) in [6.45, 7) is 3.17. The van der Waals surface area contributed by atoms with E-state index in [1.807, 2.05) is 37.3 Å². The Morgan fingerprint density at radius 3 is 2.89 bits per heavy atom. The molecule has 3 nitrogen and oxygen atoms in total. The first-order valence-corrected chi connectivity index (χ1v) is 6.50. The molecule has 0 atom stereocenters. The summed E-state index contributed by atoms with van der Waals surface area (Å²) in [6, 6.07) is 9.37. The number of carbonyl (C=O) groups is 1. The van der Waals surface area contributed by atoms with E-state index < -0.39 is 0 Å².